The highest BCUT2D eigenvalue weighted by molar-refractivity contribution is 5.67. The zero-order valence-corrected chi connectivity index (χ0v) is 14.5. The van der Waals surface area contributed by atoms with Gasteiger partial charge in [-0.15, -0.1) is 0 Å². The van der Waals surface area contributed by atoms with Gasteiger partial charge in [0.15, 0.2) is 5.79 Å². The van der Waals surface area contributed by atoms with Crippen molar-refractivity contribution in [3.8, 4) is 0 Å². The molecule has 7 nitrogen and oxygen atoms in total. The van der Waals surface area contributed by atoms with Crippen molar-refractivity contribution in [2.24, 2.45) is 0 Å². The molecular formula is C18H25NO6. The fraction of sp³-hybridized carbons (Fsp3) is 0.611. The smallest absolute Gasteiger partial charge is 0.407 e. The standard InChI is InChI=1S/C18H25NO6/c1-18(2)24-15-13(10-14(16(15)25-18)22-9-8-20)19-17(21)23-11-12-6-4-3-5-7-12/h3-7,13-16,20H,8-11H2,1-2H3,(H,19,21). The Bertz CT molecular complexity index is 578. The van der Waals surface area contributed by atoms with Gasteiger partial charge in [0, 0.05) is 0 Å². The number of carbonyl (C=O) groups is 1. The fourth-order valence-corrected chi connectivity index (χ4v) is 3.36. The molecule has 1 aromatic rings. The minimum atomic E-state index is -0.732. The van der Waals surface area contributed by atoms with E-state index < -0.39 is 11.9 Å². The lowest BCUT2D eigenvalue weighted by Gasteiger charge is -2.23. The Labute approximate surface area is 147 Å². The van der Waals surface area contributed by atoms with Gasteiger partial charge in [-0.1, -0.05) is 30.3 Å². The molecule has 1 aliphatic heterocycles. The van der Waals surface area contributed by atoms with Crippen LogP contribution in [0.2, 0.25) is 0 Å². The first-order valence-electron chi connectivity index (χ1n) is 8.54. The van der Waals surface area contributed by atoms with Crippen molar-refractivity contribution in [1.29, 1.82) is 0 Å². The molecule has 3 rings (SSSR count). The number of amides is 1. The molecule has 138 valence electrons. The van der Waals surface area contributed by atoms with Crippen LogP contribution in [0.4, 0.5) is 4.79 Å². The van der Waals surface area contributed by atoms with Gasteiger partial charge in [-0.2, -0.15) is 0 Å². The molecule has 1 amide bonds. The molecule has 25 heavy (non-hydrogen) atoms. The molecule has 4 unspecified atom stereocenters. The number of alkyl carbamates (subject to hydrolysis) is 1. The van der Waals surface area contributed by atoms with E-state index in [-0.39, 0.29) is 44.2 Å². The summed E-state index contributed by atoms with van der Waals surface area (Å²) >= 11 is 0. The van der Waals surface area contributed by atoms with Crippen LogP contribution in [0.25, 0.3) is 0 Å². The van der Waals surface area contributed by atoms with Crippen LogP contribution < -0.4 is 5.32 Å². The second-order valence-electron chi connectivity index (χ2n) is 6.75. The lowest BCUT2D eigenvalue weighted by atomic mass is 10.2. The summed E-state index contributed by atoms with van der Waals surface area (Å²) in [6.07, 6.45) is -0.766. The van der Waals surface area contributed by atoms with Crippen molar-refractivity contribution >= 4 is 6.09 Å². The molecule has 0 bridgehead atoms. The van der Waals surface area contributed by atoms with Crippen molar-refractivity contribution in [2.45, 2.75) is 57.0 Å². The molecule has 0 aromatic heterocycles. The Balaban J connectivity index is 1.56. The zero-order valence-electron chi connectivity index (χ0n) is 14.5. The van der Waals surface area contributed by atoms with Gasteiger partial charge in [-0.25, -0.2) is 4.79 Å². The highest BCUT2D eigenvalue weighted by Crippen LogP contribution is 2.39. The number of hydrogen-bond acceptors (Lipinski definition) is 6. The predicted octanol–water partition coefficient (Wildman–Crippen LogP) is 1.58. The van der Waals surface area contributed by atoms with Crippen molar-refractivity contribution < 1.29 is 28.8 Å². The Morgan fingerprint density at radius 3 is 2.72 bits per heavy atom. The Hall–Kier alpha value is -1.67. The summed E-state index contributed by atoms with van der Waals surface area (Å²) in [4.78, 5) is 12.1. The van der Waals surface area contributed by atoms with Gasteiger partial charge in [0.25, 0.3) is 0 Å². The quantitative estimate of drug-likeness (QED) is 0.809. The molecule has 2 N–H and O–H groups in total. The number of fused-ring (bicyclic) bond motifs is 1. The van der Waals surface area contributed by atoms with E-state index in [4.69, 9.17) is 24.1 Å². The molecule has 4 atom stereocenters. The SMILES string of the molecule is CC1(C)OC2C(NC(=O)OCc3ccccc3)CC(OCCO)C2O1. The number of benzene rings is 1. The number of carbonyl (C=O) groups excluding carboxylic acids is 1. The second-order valence-corrected chi connectivity index (χ2v) is 6.75. The topological polar surface area (TPSA) is 86.3 Å². The third-order valence-electron chi connectivity index (χ3n) is 4.35. The van der Waals surface area contributed by atoms with Gasteiger partial charge in [0.05, 0.1) is 25.4 Å². The molecule has 2 aliphatic rings. The minimum absolute atomic E-state index is 0.0602. The van der Waals surface area contributed by atoms with E-state index in [1.807, 2.05) is 44.2 Å². The van der Waals surface area contributed by atoms with Gasteiger partial charge >= 0.3 is 6.09 Å². The molecule has 1 aliphatic carbocycles. The number of nitrogens with one attached hydrogen (secondary N) is 1. The van der Waals surface area contributed by atoms with E-state index in [0.29, 0.717) is 6.42 Å². The lowest BCUT2D eigenvalue weighted by molar-refractivity contribution is -0.169. The van der Waals surface area contributed by atoms with Crippen LogP contribution in [0, 0.1) is 0 Å². The van der Waals surface area contributed by atoms with Crippen LogP contribution in [0.3, 0.4) is 0 Å². The van der Waals surface area contributed by atoms with Crippen molar-refractivity contribution in [3.63, 3.8) is 0 Å². The van der Waals surface area contributed by atoms with Gasteiger partial charge < -0.3 is 29.4 Å². The average Bonchev–Trinajstić information content (AvgIpc) is 3.06. The maximum Gasteiger partial charge on any atom is 0.407 e. The zero-order chi connectivity index (χ0) is 17.9. The predicted molar refractivity (Wildman–Crippen MR) is 88.8 cm³/mol. The highest BCUT2D eigenvalue weighted by Gasteiger charge is 2.55. The van der Waals surface area contributed by atoms with Crippen LogP contribution in [0.5, 0.6) is 0 Å². The monoisotopic (exact) mass is 351 g/mol. The van der Waals surface area contributed by atoms with Gasteiger partial charge in [-0.3, -0.25) is 0 Å². The number of hydrogen-bond donors (Lipinski definition) is 2. The Morgan fingerprint density at radius 1 is 1.28 bits per heavy atom. The van der Waals surface area contributed by atoms with Crippen LogP contribution in [0.15, 0.2) is 30.3 Å². The van der Waals surface area contributed by atoms with Crippen molar-refractivity contribution in [2.75, 3.05) is 13.2 Å². The summed E-state index contributed by atoms with van der Waals surface area (Å²) in [6.45, 7) is 4.04. The lowest BCUT2D eigenvalue weighted by Crippen LogP contribution is -2.43. The normalized spacial score (nSPS) is 30.0. The summed E-state index contributed by atoms with van der Waals surface area (Å²) in [5.41, 5.74) is 0.924. The largest absolute Gasteiger partial charge is 0.445 e. The Kier molecular flexibility index (Phi) is 5.58. The summed E-state index contributed by atoms with van der Waals surface area (Å²) in [6, 6.07) is 9.23. The first-order valence-corrected chi connectivity index (χ1v) is 8.54. The third kappa shape index (κ3) is 4.49. The highest BCUT2D eigenvalue weighted by atomic mass is 16.8. The first-order chi connectivity index (χ1) is 12.0. The summed E-state index contributed by atoms with van der Waals surface area (Å²) in [5.74, 6) is -0.732. The molecular weight excluding hydrogens is 326 g/mol. The van der Waals surface area contributed by atoms with Crippen molar-refractivity contribution in [3.05, 3.63) is 35.9 Å². The van der Waals surface area contributed by atoms with E-state index in [2.05, 4.69) is 5.32 Å². The molecule has 1 heterocycles. The molecule has 1 saturated heterocycles. The van der Waals surface area contributed by atoms with Crippen LogP contribution >= 0.6 is 0 Å². The van der Waals surface area contributed by atoms with Crippen LogP contribution in [-0.2, 0) is 25.6 Å². The van der Waals surface area contributed by atoms with Crippen LogP contribution in [0.1, 0.15) is 25.8 Å². The summed E-state index contributed by atoms with van der Waals surface area (Å²) in [7, 11) is 0. The van der Waals surface area contributed by atoms with E-state index in [1.165, 1.54) is 0 Å². The number of aliphatic hydroxyl groups is 1. The van der Waals surface area contributed by atoms with Crippen molar-refractivity contribution in [1.82, 2.24) is 5.32 Å². The molecule has 0 spiro atoms. The third-order valence-corrected chi connectivity index (χ3v) is 4.35. The first kappa shape index (κ1) is 18.1. The average molecular weight is 351 g/mol. The van der Waals surface area contributed by atoms with Crippen LogP contribution in [-0.4, -0.2) is 54.6 Å². The summed E-state index contributed by atoms with van der Waals surface area (Å²) in [5, 5.41) is 11.8. The molecule has 7 heteroatoms. The number of ether oxygens (including phenoxy) is 4. The van der Waals surface area contributed by atoms with Gasteiger partial charge in [0.1, 0.15) is 18.8 Å². The van der Waals surface area contributed by atoms with E-state index in [1.54, 1.807) is 0 Å². The van der Waals surface area contributed by atoms with Gasteiger partial charge in [-0.05, 0) is 25.8 Å². The maximum atomic E-state index is 12.1. The van der Waals surface area contributed by atoms with E-state index in [0.717, 1.165) is 5.56 Å². The van der Waals surface area contributed by atoms with E-state index >= 15 is 0 Å². The maximum absolute atomic E-state index is 12.1. The molecule has 0 radical (unpaired) electrons. The number of rotatable bonds is 6. The minimum Gasteiger partial charge on any atom is -0.445 e. The molecule has 2 fully saturated rings. The Morgan fingerprint density at radius 2 is 2.00 bits per heavy atom. The molecule has 1 saturated carbocycles. The second kappa shape index (κ2) is 7.70. The van der Waals surface area contributed by atoms with E-state index in [9.17, 15) is 4.79 Å². The van der Waals surface area contributed by atoms with Gasteiger partial charge in [0.2, 0.25) is 0 Å². The molecule has 1 aromatic carbocycles. The number of aliphatic hydroxyl groups excluding tert-OH is 1. The summed E-state index contributed by atoms with van der Waals surface area (Å²) < 4.78 is 22.8. The fourth-order valence-electron chi connectivity index (χ4n) is 3.36.